The summed E-state index contributed by atoms with van der Waals surface area (Å²) in [5.41, 5.74) is 1.07. The van der Waals surface area contributed by atoms with Gasteiger partial charge in [-0.25, -0.2) is 14.2 Å². The Kier molecular flexibility index (Phi) is 7.86. The maximum Gasteiger partial charge on any atom is 0.411 e. The molecular weight excluding hydrogens is 592 g/mol. The van der Waals surface area contributed by atoms with Gasteiger partial charge in [0.15, 0.2) is 11.5 Å². The normalized spacial score (nSPS) is 22.5. The summed E-state index contributed by atoms with van der Waals surface area (Å²) in [5, 5.41) is 14.6. The van der Waals surface area contributed by atoms with Crippen molar-refractivity contribution in [3.05, 3.63) is 58.9 Å². The molecule has 12 heteroatoms. The first-order valence-corrected chi connectivity index (χ1v) is 15.1. The number of pyridine rings is 1. The van der Waals surface area contributed by atoms with E-state index in [4.69, 9.17) is 15.0 Å². The molecule has 3 fully saturated rings. The van der Waals surface area contributed by atoms with Gasteiger partial charge in [-0.2, -0.15) is 18.2 Å². The number of rotatable bonds is 8. The highest BCUT2D eigenvalue weighted by Gasteiger charge is 2.54. The number of ether oxygens (including phenoxy) is 1. The number of fused-ring (bicyclic) bond motifs is 3. The van der Waals surface area contributed by atoms with Gasteiger partial charge in [0.05, 0.1) is 11.0 Å². The number of hydrogen-bond acceptors (Lipinski definition) is 7. The molecule has 3 aliphatic carbocycles. The van der Waals surface area contributed by atoms with E-state index in [2.05, 4.69) is 15.1 Å². The number of hydrogen-bond donors (Lipinski definition) is 2. The number of halogens is 4. The van der Waals surface area contributed by atoms with Crippen molar-refractivity contribution < 1.29 is 36.7 Å². The summed E-state index contributed by atoms with van der Waals surface area (Å²) in [7, 11) is 0. The number of aliphatic hydroxyl groups is 1. The van der Waals surface area contributed by atoms with Crippen LogP contribution < -0.4 is 10.5 Å². The number of amides is 1. The zero-order valence-corrected chi connectivity index (χ0v) is 26.4. The van der Waals surface area contributed by atoms with Crippen LogP contribution in [0.3, 0.4) is 0 Å². The number of nitrogens with zero attached hydrogens (tertiary/aromatic N) is 3. The predicted octanol–water partition coefficient (Wildman–Crippen LogP) is 7.70. The predicted molar refractivity (Wildman–Crippen MR) is 158 cm³/mol. The van der Waals surface area contributed by atoms with E-state index < -0.39 is 29.0 Å². The third-order valence-corrected chi connectivity index (χ3v) is 9.96. The molecule has 2 heterocycles. The molecule has 0 atom stereocenters. The summed E-state index contributed by atoms with van der Waals surface area (Å²) in [4.78, 5) is 20.6. The van der Waals surface area contributed by atoms with E-state index in [0.717, 1.165) is 20.0 Å². The molecule has 1 amide bonds. The fourth-order valence-electron chi connectivity index (χ4n) is 6.80. The summed E-state index contributed by atoms with van der Waals surface area (Å²) >= 11 is 0. The third-order valence-electron chi connectivity index (χ3n) is 9.96. The van der Waals surface area contributed by atoms with Gasteiger partial charge in [-0.1, -0.05) is 29.4 Å². The number of carbonyl (C=O) groups is 1. The van der Waals surface area contributed by atoms with Crippen LogP contribution >= 0.6 is 0 Å². The van der Waals surface area contributed by atoms with Crippen molar-refractivity contribution in [2.45, 2.75) is 115 Å². The van der Waals surface area contributed by atoms with Crippen LogP contribution in [-0.2, 0) is 28.5 Å². The maximum atomic E-state index is 14.6. The minimum Gasteiger partial charge on any atom is -0.391 e. The van der Waals surface area contributed by atoms with Gasteiger partial charge in [0, 0.05) is 17.2 Å². The van der Waals surface area contributed by atoms with Crippen LogP contribution in [0.2, 0.25) is 0 Å². The van der Waals surface area contributed by atoms with Crippen molar-refractivity contribution >= 4 is 6.09 Å². The minimum atomic E-state index is -4.62. The maximum absolute atomic E-state index is 14.6. The van der Waals surface area contributed by atoms with Crippen molar-refractivity contribution in [2.75, 3.05) is 0 Å². The Hall–Kier alpha value is -3.54. The average Bonchev–Trinajstić information content (AvgIpc) is 3.46. The second kappa shape index (κ2) is 10.8. The number of aromatic nitrogens is 3. The molecule has 0 aliphatic heterocycles. The molecule has 244 valence electrons. The van der Waals surface area contributed by atoms with E-state index in [9.17, 15) is 27.5 Å². The molecule has 3 aliphatic rings. The van der Waals surface area contributed by atoms with E-state index in [1.165, 1.54) is 13.8 Å². The van der Waals surface area contributed by atoms with E-state index in [-0.39, 0.29) is 40.1 Å². The first-order valence-electron chi connectivity index (χ1n) is 15.1. The van der Waals surface area contributed by atoms with Crippen LogP contribution in [0.4, 0.5) is 22.4 Å². The zero-order valence-electron chi connectivity index (χ0n) is 26.4. The van der Waals surface area contributed by atoms with Crippen molar-refractivity contribution in [1.82, 2.24) is 15.1 Å². The molecule has 3 aromatic rings. The number of primary amides is 1. The second-order valence-corrected chi connectivity index (χ2v) is 14.4. The summed E-state index contributed by atoms with van der Waals surface area (Å²) in [6, 6.07) is 6.68. The smallest absolute Gasteiger partial charge is 0.391 e. The summed E-state index contributed by atoms with van der Waals surface area (Å²) in [6.07, 6.45) is -0.226. The summed E-state index contributed by atoms with van der Waals surface area (Å²) < 4.78 is 68.8. The van der Waals surface area contributed by atoms with E-state index in [1.807, 2.05) is 0 Å². The molecule has 0 radical (unpaired) electrons. The Morgan fingerprint density at radius 3 is 2.02 bits per heavy atom. The summed E-state index contributed by atoms with van der Waals surface area (Å²) in [6.45, 7) is 8.16. The first kappa shape index (κ1) is 32.8. The lowest BCUT2D eigenvalue weighted by Crippen LogP contribution is -2.46. The quantitative estimate of drug-likeness (QED) is 0.244. The van der Waals surface area contributed by atoms with Crippen molar-refractivity contribution in [2.24, 2.45) is 11.1 Å². The minimum absolute atomic E-state index is 0.0663. The van der Waals surface area contributed by atoms with Crippen LogP contribution in [0.25, 0.3) is 11.1 Å². The van der Waals surface area contributed by atoms with Crippen LogP contribution in [0.1, 0.15) is 108 Å². The third kappa shape index (κ3) is 6.05. The van der Waals surface area contributed by atoms with Gasteiger partial charge in [0.2, 0.25) is 5.88 Å². The van der Waals surface area contributed by atoms with E-state index in [0.29, 0.717) is 61.0 Å². The monoisotopic (exact) mass is 632 g/mol. The second-order valence-electron chi connectivity index (χ2n) is 14.4. The van der Waals surface area contributed by atoms with Gasteiger partial charge in [-0.05, 0) is 114 Å². The van der Waals surface area contributed by atoms with Crippen LogP contribution in [0.15, 0.2) is 35.0 Å². The largest absolute Gasteiger partial charge is 0.411 e. The lowest BCUT2D eigenvalue weighted by Gasteiger charge is -2.52. The highest BCUT2D eigenvalue weighted by Crippen LogP contribution is 2.59. The Morgan fingerprint density at radius 1 is 0.978 bits per heavy atom. The molecule has 2 aromatic heterocycles. The van der Waals surface area contributed by atoms with Crippen LogP contribution in [-0.4, -0.2) is 32.5 Å². The molecule has 0 unspecified atom stereocenters. The number of nitrogens with two attached hydrogens (primary N) is 1. The molecule has 8 nitrogen and oxygen atoms in total. The number of benzene rings is 1. The van der Waals surface area contributed by atoms with Gasteiger partial charge in [0.1, 0.15) is 0 Å². The molecular formula is C33H40F4N4O4. The Bertz CT molecular complexity index is 1560. The van der Waals surface area contributed by atoms with Gasteiger partial charge in [-0.3, -0.25) is 0 Å². The SMILES string of the molecule is CC(C)(O)c1ccc(-c2c(C(C)(C)C(F)(F)F)cnc(OC(N)=O)c2CC23CCC(c4noc(C(C)(C)F)n4)(CC2)CC3)cc1. The molecule has 2 bridgehead atoms. The molecule has 1 aromatic carbocycles. The van der Waals surface area contributed by atoms with Crippen LogP contribution in [0.5, 0.6) is 5.88 Å². The first-order chi connectivity index (χ1) is 20.7. The average molecular weight is 633 g/mol. The molecule has 3 N–H and O–H groups in total. The molecule has 3 saturated carbocycles. The fourth-order valence-corrected chi connectivity index (χ4v) is 6.80. The van der Waals surface area contributed by atoms with Crippen LogP contribution in [0, 0.1) is 5.41 Å². The van der Waals surface area contributed by atoms with Gasteiger partial charge in [0.25, 0.3) is 5.89 Å². The van der Waals surface area contributed by atoms with E-state index >= 15 is 0 Å². The Morgan fingerprint density at radius 2 is 1.56 bits per heavy atom. The van der Waals surface area contributed by atoms with Crippen molar-refractivity contribution in [3.8, 4) is 17.0 Å². The van der Waals surface area contributed by atoms with E-state index in [1.54, 1.807) is 38.1 Å². The molecule has 0 saturated heterocycles. The van der Waals surface area contributed by atoms with Gasteiger partial charge >= 0.3 is 12.3 Å². The number of alkyl halides is 4. The summed E-state index contributed by atoms with van der Waals surface area (Å²) in [5.74, 6) is 0.283. The topological polar surface area (TPSA) is 124 Å². The Labute approximate surface area is 259 Å². The fraction of sp³-hybridized carbons (Fsp3) is 0.576. The number of carbonyl (C=O) groups excluding carboxylic acids is 1. The Balaban J connectivity index is 1.60. The van der Waals surface area contributed by atoms with Crippen molar-refractivity contribution in [3.63, 3.8) is 0 Å². The zero-order chi connectivity index (χ0) is 33.2. The lowest BCUT2D eigenvalue weighted by atomic mass is 9.52. The lowest BCUT2D eigenvalue weighted by molar-refractivity contribution is -0.180. The highest BCUT2D eigenvalue weighted by atomic mass is 19.4. The molecule has 45 heavy (non-hydrogen) atoms. The molecule has 6 rings (SSSR count). The highest BCUT2D eigenvalue weighted by molar-refractivity contribution is 5.76. The van der Waals surface area contributed by atoms with Gasteiger partial charge in [-0.15, -0.1) is 0 Å². The molecule has 0 spiro atoms. The van der Waals surface area contributed by atoms with Crippen molar-refractivity contribution in [1.29, 1.82) is 0 Å². The standard InChI is InChI=1S/C33H40F4N4O4/c1-28(2,33(35,36)37)22-18-39-24(44-27(38)42)21(23(22)19-7-9-20(10-8-19)30(5,6)43)17-31-11-14-32(15-12-31,16-13-31)25-40-26(45-41-25)29(3,4)34/h7-10,18,43H,11-17H2,1-6H3,(H2,38,42). The van der Waals surface area contributed by atoms with Gasteiger partial charge < -0.3 is 20.1 Å².